The largest absolute Gasteiger partial charge is 0.348 e. The summed E-state index contributed by atoms with van der Waals surface area (Å²) in [4.78, 5) is 8.22. The van der Waals surface area contributed by atoms with Gasteiger partial charge in [0.1, 0.15) is 0 Å². The summed E-state index contributed by atoms with van der Waals surface area (Å²) in [7, 11) is 0. The van der Waals surface area contributed by atoms with Crippen LogP contribution in [-0.2, 0) is 5.33 Å². The highest BCUT2D eigenvalue weighted by Gasteiger charge is 2.12. The minimum atomic E-state index is 0.929. The van der Waals surface area contributed by atoms with Crippen LogP contribution >= 0.6 is 27.3 Å². The molecule has 0 unspecified atom stereocenters. The molecule has 4 heteroatoms. The lowest BCUT2D eigenvalue weighted by Gasteiger charge is -2.18. The van der Waals surface area contributed by atoms with E-state index in [4.69, 9.17) is 0 Å². The summed E-state index contributed by atoms with van der Waals surface area (Å²) < 4.78 is 0. The first-order valence-corrected chi connectivity index (χ1v) is 7.09. The second-order valence-electron chi connectivity index (χ2n) is 3.64. The predicted molar refractivity (Wildman–Crippen MR) is 65.4 cm³/mol. The maximum atomic E-state index is 4.47. The van der Waals surface area contributed by atoms with E-state index in [9.17, 15) is 0 Å². The van der Waals surface area contributed by atoms with Crippen LogP contribution in [0.15, 0.2) is 6.20 Å². The van der Waals surface area contributed by atoms with Gasteiger partial charge in [0, 0.05) is 29.5 Å². The quantitative estimate of drug-likeness (QED) is 0.769. The average Bonchev–Trinajstić information content (AvgIpc) is 2.53. The van der Waals surface area contributed by atoms with E-state index in [1.54, 1.807) is 0 Å². The van der Waals surface area contributed by atoms with Gasteiger partial charge in [-0.1, -0.05) is 28.8 Å². The molecule has 0 saturated carbocycles. The van der Waals surface area contributed by atoms with Crippen LogP contribution in [0.1, 0.15) is 30.6 Å². The normalized spacial score (nSPS) is 18.2. The molecule has 0 aromatic carbocycles. The minimum absolute atomic E-state index is 0.929. The Morgan fingerprint density at radius 1 is 1.29 bits per heavy atom. The van der Waals surface area contributed by atoms with Crippen LogP contribution in [0, 0.1) is 0 Å². The molecule has 14 heavy (non-hydrogen) atoms. The third-order valence-corrected chi connectivity index (χ3v) is 4.58. The standard InChI is InChI=1S/C10H15BrN2S/c11-7-9-8-12-10(14-9)13-5-3-1-2-4-6-13/h8H,1-7H2. The van der Waals surface area contributed by atoms with E-state index in [1.165, 1.54) is 48.8 Å². The zero-order valence-electron chi connectivity index (χ0n) is 8.21. The maximum Gasteiger partial charge on any atom is 0.185 e. The van der Waals surface area contributed by atoms with Gasteiger partial charge in [0.25, 0.3) is 0 Å². The fraction of sp³-hybridized carbons (Fsp3) is 0.700. The lowest BCUT2D eigenvalue weighted by Crippen LogP contribution is -2.23. The predicted octanol–water partition coefficient (Wildman–Crippen LogP) is 3.42. The molecule has 2 heterocycles. The first-order valence-electron chi connectivity index (χ1n) is 5.16. The molecule has 1 aliphatic rings. The van der Waals surface area contributed by atoms with E-state index >= 15 is 0 Å². The van der Waals surface area contributed by atoms with Gasteiger partial charge >= 0.3 is 0 Å². The van der Waals surface area contributed by atoms with Gasteiger partial charge in [-0.3, -0.25) is 0 Å². The molecule has 0 radical (unpaired) electrons. The third kappa shape index (κ3) is 2.48. The van der Waals surface area contributed by atoms with E-state index in [2.05, 4.69) is 25.8 Å². The molecule has 1 aliphatic heterocycles. The van der Waals surface area contributed by atoms with Gasteiger partial charge in [0.05, 0.1) is 0 Å². The minimum Gasteiger partial charge on any atom is -0.348 e. The summed E-state index contributed by atoms with van der Waals surface area (Å²) in [6.45, 7) is 2.38. The van der Waals surface area contributed by atoms with E-state index < -0.39 is 0 Å². The van der Waals surface area contributed by atoms with Crippen LogP contribution in [0.2, 0.25) is 0 Å². The fourth-order valence-electron chi connectivity index (χ4n) is 1.77. The van der Waals surface area contributed by atoms with Crippen molar-refractivity contribution in [2.75, 3.05) is 18.0 Å². The number of nitrogens with zero attached hydrogens (tertiary/aromatic N) is 2. The number of alkyl halides is 1. The van der Waals surface area contributed by atoms with Crippen LogP contribution in [0.4, 0.5) is 5.13 Å². The summed E-state index contributed by atoms with van der Waals surface area (Å²) in [5, 5.41) is 2.14. The molecule has 78 valence electrons. The highest BCUT2D eigenvalue weighted by molar-refractivity contribution is 9.08. The summed E-state index contributed by atoms with van der Waals surface area (Å²) in [6.07, 6.45) is 7.40. The molecule has 1 aromatic rings. The summed E-state index contributed by atoms with van der Waals surface area (Å²) in [6, 6.07) is 0. The van der Waals surface area contributed by atoms with Crippen LogP contribution in [-0.4, -0.2) is 18.1 Å². The van der Waals surface area contributed by atoms with Crippen molar-refractivity contribution in [2.45, 2.75) is 31.0 Å². The van der Waals surface area contributed by atoms with Crippen molar-refractivity contribution in [3.05, 3.63) is 11.1 Å². The Kier molecular flexibility index (Phi) is 3.81. The first-order chi connectivity index (χ1) is 6.90. The van der Waals surface area contributed by atoms with Crippen LogP contribution in [0.3, 0.4) is 0 Å². The van der Waals surface area contributed by atoms with Crippen molar-refractivity contribution in [3.8, 4) is 0 Å². The molecule has 2 rings (SSSR count). The first kappa shape index (κ1) is 10.4. The van der Waals surface area contributed by atoms with Crippen molar-refractivity contribution in [1.82, 2.24) is 4.98 Å². The number of thiazole rings is 1. The van der Waals surface area contributed by atoms with Crippen molar-refractivity contribution in [2.24, 2.45) is 0 Å². The number of halogens is 1. The van der Waals surface area contributed by atoms with Crippen LogP contribution in [0.25, 0.3) is 0 Å². The SMILES string of the molecule is BrCc1cnc(N2CCCCCC2)s1. The molecule has 0 aliphatic carbocycles. The van der Waals surface area contributed by atoms with Crippen molar-refractivity contribution >= 4 is 32.4 Å². The molecule has 0 amide bonds. The Hall–Kier alpha value is -0.0900. The number of aromatic nitrogens is 1. The van der Waals surface area contributed by atoms with E-state index in [0.29, 0.717) is 0 Å². The molecule has 1 aromatic heterocycles. The van der Waals surface area contributed by atoms with Gasteiger partial charge in [-0.2, -0.15) is 0 Å². The molecular formula is C10H15BrN2S. The third-order valence-electron chi connectivity index (χ3n) is 2.55. The Bertz CT molecular complexity index is 279. The average molecular weight is 275 g/mol. The van der Waals surface area contributed by atoms with E-state index in [1.807, 2.05) is 17.5 Å². The Labute approximate surface area is 97.5 Å². The van der Waals surface area contributed by atoms with Gasteiger partial charge in [0.2, 0.25) is 0 Å². The van der Waals surface area contributed by atoms with Gasteiger partial charge in [-0.05, 0) is 12.8 Å². The monoisotopic (exact) mass is 274 g/mol. The maximum absolute atomic E-state index is 4.47. The smallest absolute Gasteiger partial charge is 0.185 e. The number of hydrogen-bond acceptors (Lipinski definition) is 3. The summed E-state index contributed by atoms with van der Waals surface area (Å²) in [5.41, 5.74) is 0. The molecule has 1 fully saturated rings. The zero-order chi connectivity index (χ0) is 9.80. The summed E-state index contributed by atoms with van der Waals surface area (Å²) in [5.74, 6) is 0. The fourth-order valence-corrected chi connectivity index (χ4v) is 3.07. The topological polar surface area (TPSA) is 16.1 Å². The van der Waals surface area contributed by atoms with Crippen molar-refractivity contribution < 1.29 is 0 Å². The second kappa shape index (κ2) is 5.12. The Balaban J connectivity index is 2.04. The second-order valence-corrected chi connectivity index (χ2v) is 5.30. The molecular weight excluding hydrogens is 260 g/mol. The Morgan fingerprint density at radius 2 is 2.00 bits per heavy atom. The van der Waals surface area contributed by atoms with Crippen LogP contribution < -0.4 is 4.90 Å². The lowest BCUT2D eigenvalue weighted by molar-refractivity contribution is 0.726. The lowest BCUT2D eigenvalue weighted by atomic mass is 10.2. The van der Waals surface area contributed by atoms with Crippen LogP contribution in [0.5, 0.6) is 0 Å². The number of rotatable bonds is 2. The van der Waals surface area contributed by atoms with Gasteiger partial charge in [-0.15, -0.1) is 11.3 Å². The molecule has 0 spiro atoms. The molecule has 0 atom stereocenters. The highest BCUT2D eigenvalue weighted by atomic mass is 79.9. The molecule has 0 N–H and O–H groups in total. The van der Waals surface area contributed by atoms with Gasteiger partial charge < -0.3 is 4.90 Å². The number of anilines is 1. The van der Waals surface area contributed by atoms with E-state index in [-0.39, 0.29) is 0 Å². The Morgan fingerprint density at radius 3 is 2.57 bits per heavy atom. The molecule has 1 saturated heterocycles. The molecule has 0 bridgehead atoms. The van der Waals surface area contributed by atoms with Gasteiger partial charge in [0.15, 0.2) is 5.13 Å². The summed E-state index contributed by atoms with van der Waals surface area (Å²) >= 11 is 5.28. The van der Waals surface area contributed by atoms with Crippen molar-refractivity contribution in [3.63, 3.8) is 0 Å². The van der Waals surface area contributed by atoms with E-state index in [0.717, 1.165) is 5.33 Å². The highest BCUT2D eigenvalue weighted by Crippen LogP contribution is 2.26. The zero-order valence-corrected chi connectivity index (χ0v) is 10.6. The molecule has 2 nitrogen and oxygen atoms in total. The number of hydrogen-bond donors (Lipinski definition) is 0. The van der Waals surface area contributed by atoms with Gasteiger partial charge in [-0.25, -0.2) is 4.98 Å². The van der Waals surface area contributed by atoms with Crippen molar-refractivity contribution in [1.29, 1.82) is 0 Å².